The predicted molar refractivity (Wildman–Crippen MR) is 99.3 cm³/mol. The van der Waals surface area contributed by atoms with E-state index in [1.165, 1.54) is 6.20 Å². The number of halogens is 1. The monoisotopic (exact) mass is 373 g/mol. The second-order valence-electron chi connectivity index (χ2n) is 7.12. The third kappa shape index (κ3) is 2.51. The van der Waals surface area contributed by atoms with Crippen LogP contribution in [0, 0.1) is 5.82 Å². The summed E-state index contributed by atoms with van der Waals surface area (Å²) in [7, 11) is 0. The van der Waals surface area contributed by atoms with E-state index >= 15 is 0 Å². The van der Waals surface area contributed by atoms with Crippen LogP contribution in [0.4, 0.5) is 10.1 Å². The van der Waals surface area contributed by atoms with E-state index in [1.807, 2.05) is 18.7 Å². The lowest BCUT2D eigenvalue weighted by Gasteiger charge is -2.40. The smallest absolute Gasteiger partial charge is 0.341 e. The van der Waals surface area contributed by atoms with Crippen LogP contribution in [0.25, 0.3) is 10.9 Å². The molecule has 0 amide bonds. The second-order valence-corrected chi connectivity index (χ2v) is 7.12. The van der Waals surface area contributed by atoms with Crippen molar-refractivity contribution in [2.75, 3.05) is 31.1 Å². The second kappa shape index (κ2) is 6.09. The molecule has 1 atom stereocenters. The molecule has 1 fully saturated rings. The lowest BCUT2D eigenvalue weighted by atomic mass is 9.99. The van der Waals surface area contributed by atoms with Crippen molar-refractivity contribution in [2.24, 2.45) is 5.73 Å². The Labute approximate surface area is 154 Å². The van der Waals surface area contributed by atoms with Crippen molar-refractivity contribution in [3.05, 3.63) is 45.0 Å². The topological polar surface area (TPSA) is 97.8 Å². The van der Waals surface area contributed by atoms with Crippen LogP contribution in [-0.4, -0.2) is 41.9 Å². The first kappa shape index (κ1) is 17.5. The van der Waals surface area contributed by atoms with E-state index in [0.29, 0.717) is 36.6 Å². The molecule has 8 heteroatoms. The van der Waals surface area contributed by atoms with Gasteiger partial charge in [0.15, 0.2) is 11.6 Å². The number of nitrogens with two attached hydrogens (primary N) is 1. The molecule has 2 aliphatic heterocycles. The van der Waals surface area contributed by atoms with Crippen LogP contribution in [-0.2, 0) is 0 Å². The molecule has 3 N–H and O–H groups in total. The van der Waals surface area contributed by atoms with Crippen LogP contribution in [0.2, 0.25) is 0 Å². The van der Waals surface area contributed by atoms with Crippen LogP contribution in [0.5, 0.6) is 5.75 Å². The number of pyridine rings is 1. The van der Waals surface area contributed by atoms with E-state index in [9.17, 15) is 19.1 Å². The van der Waals surface area contributed by atoms with Gasteiger partial charge in [-0.1, -0.05) is 5.57 Å². The Morgan fingerprint density at radius 2 is 2.15 bits per heavy atom. The van der Waals surface area contributed by atoms with Crippen LogP contribution in [0.15, 0.2) is 28.2 Å². The summed E-state index contributed by atoms with van der Waals surface area (Å²) >= 11 is 0. The molecule has 7 nitrogen and oxygen atoms in total. The molecule has 3 heterocycles. The van der Waals surface area contributed by atoms with Gasteiger partial charge in [-0.15, -0.1) is 0 Å². The Balaban J connectivity index is 1.95. The highest BCUT2D eigenvalue weighted by molar-refractivity contribution is 5.97. The van der Waals surface area contributed by atoms with Gasteiger partial charge in [0, 0.05) is 25.8 Å². The maximum absolute atomic E-state index is 15.0. The van der Waals surface area contributed by atoms with E-state index in [4.69, 9.17) is 10.5 Å². The average Bonchev–Trinajstić information content (AvgIpc) is 2.59. The molecule has 1 saturated heterocycles. The fourth-order valence-corrected chi connectivity index (χ4v) is 3.65. The summed E-state index contributed by atoms with van der Waals surface area (Å²) in [5.41, 5.74) is 7.57. The van der Waals surface area contributed by atoms with Crippen molar-refractivity contribution in [3.63, 3.8) is 0 Å². The Morgan fingerprint density at radius 3 is 2.78 bits per heavy atom. The zero-order chi connectivity index (χ0) is 19.5. The minimum absolute atomic E-state index is 0.0205. The number of rotatable bonds is 3. The first-order valence-electron chi connectivity index (χ1n) is 8.73. The van der Waals surface area contributed by atoms with Crippen molar-refractivity contribution in [1.29, 1.82) is 0 Å². The molecule has 142 valence electrons. The number of carboxylic acids is 1. The number of carbonyl (C=O) groups is 1. The third-order valence-electron chi connectivity index (χ3n) is 5.36. The van der Waals surface area contributed by atoms with E-state index in [1.54, 1.807) is 4.57 Å². The summed E-state index contributed by atoms with van der Waals surface area (Å²) in [6.07, 6.45) is 1.32. The number of hydrogen-bond acceptors (Lipinski definition) is 5. The normalized spacial score (nSPS) is 18.3. The molecular formula is C19H20FN3O4. The van der Waals surface area contributed by atoms with E-state index in [2.05, 4.69) is 0 Å². The molecule has 0 radical (unpaired) electrons. The largest absolute Gasteiger partial charge is 0.487 e. The molecule has 27 heavy (non-hydrogen) atoms. The summed E-state index contributed by atoms with van der Waals surface area (Å²) in [5.74, 6) is -1.63. The minimum atomic E-state index is -1.33. The van der Waals surface area contributed by atoms with Gasteiger partial charge in [0.05, 0.1) is 16.9 Å². The number of ether oxygens (including phenoxy) is 1. The van der Waals surface area contributed by atoms with Gasteiger partial charge in [-0.05, 0) is 25.5 Å². The number of carboxylic acid groups (broad SMARTS) is 1. The number of benzene rings is 1. The predicted octanol–water partition coefficient (Wildman–Crippen LogP) is 1.89. The van der Waals surface area contributed by atoms with Crippen molar-refractivity contribution < 1.29 is 19.0 Å². The molecule has 0 unspecified atom stereocenters. The van der Waals surface area contributed by atoms with E-state index in [-0.39, 0.29) is 23.6 Å². The molecule has 2 aliphatic rings. The molecule has 0 spiro atoms. The van der Waals surface area contributed by atoms with Gasteiger partial charge in [-0.25, -0.2) is 9.18 Å². The van der Waals surface area contributed by atoms with Crippen molar-refractivity contribution in [1.82, 2.24) is 4.57 Å². The summed E-state index contributed by atoms with van der Waals surface area (Å²) in [5, 5.41) is 9.34. The molecule has 2 aromatic rings. The molecule has 4 rings (SSSR count). The number of anilines is 1. The maximum Gasteiger partial charge on any atom is 0.341 e. The third-order valence-corrected chi connectivity index (χ3v) is 5.36. The van der Waals surface area contributed by atoms with Crippen molar-refractivity contribution in [3.8, 4) is 5.75 Å². The summed E-state index contributed by atoms with van der Waals surface area (Å²) in [4.78, 5) is 25.8. The summed E-state index contributed by atoms with van der Waals surface area (Å²) in [6, 6.07) is 0.946. The molecule has 0 aliphatic carbocycles. The molecule has 0 saturated carbocycles. The summed E-state index contributed by atoms with van der Waals surface area (Å²) < 4.78 is 22.5. The lowest BCUT2D eigenvalue weighted by Crippen LogP contribution is -2.42. The Morgan fingerprint density at radius 1 is 1.44 bits per heavy atom. The number of aromatic nitrogens is 1. The van der Waals surface area contributed by atoms with E-state index in [0.717, 1.165) is 17.2 Å². The Kier molecular flexibility index (Phi) is 3.96. The van der Waals surface area contributed by atoms with Gasteiger partial charge in [0.1, 0.15) is 17.9 Å². The highest BCUT2D eigenvalue weighted by Gasteiger charge is 2.33. The van der Waals surface area contributed by atoms with Crippen LogP contribution < -0.4 is 20.8 Å². The number of aromatic carboxylic acids is 1. The zero-order valence-corrected chi connectivity index (χ0v) is 15.1. The van der Waals surface area contributed by atoms with Gasteiger partial charge in [0.2, 0.25) is 5.43 Å². The lowest BCUT2D eigenvalue weighted by molar-refractivity contribution is 0.0694. The first-order chi connectivity index (χ1) is 12.8. The molecular weight excluding hydrogens is 353 g/mol. The average molecular weight is 373 g/mol. The Bertz CT molecular complexity index is 1070. The van der Waals surface area contributed by atoms with Crippen molar-refractivity contribution >= 4 is 22.6 Å². The number of nitrogens with zero attached hydrogens (tertiary/aromatic N) is 2. The molecule has 0 bridgehead atoms. The standard InChI is InChI=1S/C19H20FN3O4/c1-9(4-21)11-5-22(6-11)16-14(20)3-12-15-18(16)27-8-10(2)23(15)7-13(17(12)24)19(25)26/h3,7,10H,4-6,8,21H2,1-2H3,(H,25,26)/t10-/m0/s1. The highest BCUT2D eigenvalue weighted by atomic mass is 19.1. The fourth-order valence-electron chi connectivity index (χ4n) is 3.65. The first-order valence-corrected chi connectivity index (χ1v) is 8.73. The van der Waals surface area contributed by atoms with Crippen LogP contribution in [0.3, 0.4) is 0 Å². The van der Waals surface area contributed by atoms with E-state index < -0.39 is 17.2 Å². The maximum atomic E-state index is 15.0. The Hall–Kier alpha value is -2.87. The molecule has 1 aromatic carbocycles. The van der Waals surface area contributed by atoms with Gasteiger partial charge < -0.3 is 25.0 Å². The van der Waals surface area contributed by atoms with Crippen LogP contribution >= 0.6 is 0 Å². The number of hydrogen-bond donors (Lipinski definition) is 2. The van der Waals surface area contributed by atoms with Crippen molar-refractivity contribution in [2.45, 2.75) is 19.9 Å². The fraction of sp³-hybridized carbons (Fsp3) is 0.368. The van der Waals surface area contributed by atoms with Gasteiger partial charge in [0.25, 0.3) is 0 Å². The zero-order valence-electron chi connectivity index (χ0n) is 15.1. The summed E-state index contributed by atoms with van der Waals surface area (Å²) in [6.45, 7) is 5.64. The highest BCUT2D eigenvalue weighted by Crippen LogP contribution is 2.43. The van der Waals surface area contributed by atoms with Gasteiger partial charge in [-0.2, -0.15) is 0 Å². The minimum Gasteiger partial charge on any atom is -0.487 e. The molecule has 1 aromatic heterocycles. The SMILES string of the molecule is CC(CN)=C1CN(c2c(F)cc3c(=O)c(C(=O)O)cn4c3c2OC[C@@H]4C)C1. The quantitative estimate of drug-likeness (QED) is 0.798. The van der Waals surface area contributed by atoms with Gasteiger partial charge in [-0.3, -0.25) is 4.79 Å². The van der Waals surface area contributed by atoms with Crippen LogP contribution in [0.1, 0.15) is 30.2 Å². The van der Waals surface area contributed by atoms with Gasteiger partial charge >= 0.3 is 5.97 Å².